The Kier molecular flexibility index (Phi) is 5.00. The van der Waals surface area contributed by atoms with Crippen LogP contribution in [0.3, 0.4) is 0 Å². The van der Waals surface area contributed by atoms with Gasteiger partial charge in [0.25, 0.3) is 0 Å². The maximum absolute atomic E-state index is 11.3. The maximum atomic E-state index is 11.3. The van der Waals surface area contributed by atoms with Crippen molar-refractivity contribution >= 4 is 21.7 Å². The zero-order chi connectivity index (χ0) is 14.7. The summed E-state index contributed by atoms with van der Waals surface area (Å²) in [6, 6.07) is 8.51. The third-order valence-electron chi connectivity index (χ3n) is 4.09. The predicted molar refractivity (Wildman–Crippen MR) is 87.5 cm³/mol. The van der Waals surface area contributed by atoms with Crippen molar-refractivity contribution in [3.63, 3.8) is 0 Å². The highest BCUT2D eigenvalue weighted by Crippen LogP contribution is 2.24. The zero-order valence-corrected chi connectivity index (χ0v) is 13.6. The molecule has 1 aromatic heterocycles. The molecule has 2 unspecified atom stereocenters. The van der Waals surface area contributed by atoms with Gasteiger partial charge in [-0.05, 0) is 31.5 Å². The summed E-state index contributed by atoms with van der Waals surface area (Å²) in [6.45, 7) is 5.99. The molecule has 0 aliphatic carbocycles. The van der Waals surface area contributed by atoms with Gasteiger partial charge in [0.15, 0.2) is 0 Å². The normalized spacial score (nSPS) is 14.6. The molecular formula is C16H24N2OS. The van der Waals surface area contributed by atoms with Gasteiger partial charge in [0.2, 0.25) is 0 Å². The van der Waals surface area contributed by atoms with Crippen molar-refractivity contribution in [2.24, 2.45) is 7.05 Å². The summed E-state index contributed by atoms with van der Waals surface area (Å²) in [5.74, 6) is 0. The second-order valence-electron chi connectivity index (χ2n) is 5.42. The van der Waals surface area contributed by atoms with Gasteiger partial charge in [0.05, 0.1) is 0 Å². The van der Waals surface area contributed by atoms with E-state index in [9.17, 15) is 4.21 Å². The first kappa shape index (κ1) is 15.3. The Morgan fingerprint density at radius 2 is 2.05 bits per heavy atom. The van der Waals surface area contributed by atoms with Crippen molar-refractivity contribution in [3.05, 3.63) is 35.5 Å². The molecule has 3 nitrogen and oxygen atoms in total. The Hall–Kier alpha value is -1.13. The van der Waals surface area contributed by atoms with Crippen molar-refractivity contribution in [3.8, 4) is 0 Å². The van der Waals surface area contributed by atoms with Crippen LogP contribution in [0.15, 0.2) is 24.3 Å². The van der Waals surface area contributed by atoms with Crippen LogP contribution in [0.25, 0.3) is 10.9 Å². The largest absolute Gasteiger partial charge is 0.346 e. The third-order valence-corrected chi connectivity index (χ3v) is 5.46. The lowest BCUT2D eigenvalue weighted by atomic mass is 10.1. The summed E-state index contributed by atoms with van der Waals surface area (Å²) in [7, 11) is 1.40. The molecule has 2 aromatic rings. The number of nitrogens with one attached hydrogen (secondary N) is 1. The van der Waals surface area contributed by atoms with Crippen molar-refractivity contribution in [2.75, 3.05) is 12.8 Å². The van der Waals surface area contributed by atoms with Gasteiger partial charge in [-0.1, -0.05) is 25.1 Å². The van der Waals surface area contributed by atoms with E-state index >= 15 is 0 Å². The Balaban J connectivity index is 2.02. The molecule has 0 saturated carbocycles. The van der Waals surface area contributed by atoms with Gasteiger partial charge in [-0.25, -0.2) is 0 Å². The monoisotopic (exact) mass is 292 g/mol. The summed E-state index contributed by atoms with van der Waals surface area (Å²) in [4.78, 5) is 0. The maximum Gasteiger partial charge on any atom is 0.0483 e. The van der Waals surface area contributed by atoms with E-state index in [1.807, 2.05) is 6.92 Å². The minimum Gasteiger partial charge on any atom is -0.346 e. The first-order valence-electron chi connectivity index (χ1n) is 7.08. The van der Waals surface area contributed by atoms with E-state index in [-0.39, 0.29) is 5.25 Å². The molecule has 0 amide bonds. The quantitative estimate of drug-likeness (QED) is 0.831. The molecular weight excluding hydrogens is 268 g/mol. The van der Waals surface area contributed by atoms with Crippen LogP contribution in [0.5, 0.6) is 0 Å². The molecule has 1 heterocycles. The Bertz CT molecular complexity index is 579. The lowest BCUT2D eigenvalue weighted by molar-refractivity contribution is 0.613. The number of para-hydroxylation sites is 1. The molecule has 2 atom stereocenters. The third kappa shape index (κ3) is 3.13. The van der Waals surface area contributed by atoms with Crippen LogP contribution in [0.2, 0.25) is 0 Å². The smallest absolute Gasteiger partial charge is 0.0483 e. The average molecular weight is 292 g/mol. The van der Waals surface area contributed by atoms with Crippen LogP contribution in [0.4, 0.5) is 0 Å². The van der Waals surface area contributed by atoms with Crippen LogP contribution in [-0.2, 0) is 24.4 Å². The summed E-state index contributed by atoms with van der Waals surface area (Å²) in [5, 5.41) is 5.06. The van der Waals surface area contributed by atoms with E-state index in [1.54, 1.807) is 6.26 Å². The van der Waals surface area contributed by atoms with Crippen LogP contribution in [-0.4, -0.2) is 26.8 Å². The summed E-state index contributed by atoms with van der Waals surface area (Å²) in [6.07, 6.45) is 2.73. The zero-order valence-electron chi connectivity index (χ0n) is 12.8. The second kappa shape index (κ2) is 6.55. The van der Waals surface area contributed by atoms with Crippen molar-refractivity contribution in [1.29, 1.82) is 0 Å². The Morgan fingerprint density at radius 3 is 2.70 bits per heavy atom. The number of benzene rings is 1. The van der Waals surface area contributed by atoms with Crippen molar-refractivity contribution in [1.82, 2.24) is 9.88 Å². The van der Waals surface area contributed by atoms with Gasteiger partial charge in [0.1, 0.15) is 0 Å². The number of aromatic nitrogens is 1. The number of aryl methyl sites for hydroxylation is 2. The molecule has 1 aromatic carbocycles. The molecule has 0 fully saturated rings. The van der Waals surface area contributed by atoms with Gasteiger partial charge in [-0.15, -0.1) is 0 Å². The topological polar surface area (TPSA) is 34.0 Å². The Morgan fingerprint density at radius 1 is 1.35 bits per heavy atom. The highest BCUT2D eigenvalue weighted by atomic mass is 32.2. The van der Waals surface area contributed by atoms with Crippen LogP contribution in [0.1, 0.15) is 24.6 Å². The van der Waals surface area contributed by atoms with Gasteiger partial charge in [0, 0.05) is 52.5 Å². The van der Waals surface area contributed by atoms with Crippen LogP contribution < -0.4 is 5.32 Å². The minimum atomic E-state index is -0.725. The van der Waals surface area contributed by atoms with Gasteiger partial charge < -0.3 is 9.88 Å². The molecule has 0 bridgehead atoms. The fourth-order valence-electron chi connectivity index (χ4n) is 2.56. The second-order valence-corrected chi connectivity index (χ2v) is 7.22. The molecule has 0 aliphatic heterocycles. The molecule has 0 saturated heterocycles. The molecule has 0 radical (unpaired) electrons. The van der Waals surface area contributed by atoms with Gasteiger partial charge in [-0.3, -0.25) is 4.21 Å². The molecule has 4 heteroatoms. The first-order chi connectivity index (χ1) is 9.52. The molecule has 20 heavy (non-hydrogen) atoms. The number of fused-ring (bicyclic) bond motifs is 1. The fraction of sp³-hybridized carbons (Fsp3) is 0.500. The molecule has 110 valence electrons. The molecule has 2 rings (SSSR count). The van der Waals surface area contributed by atoms with E-state index in [4.69, 9.17) is 0 Å². The minimum absolute atomic E-state index is 0.260. The van der Waals surface area contributed by atoms with Crippen LogP contribution in [0, 0.1) is 6.92 Å². The van der Waals surface area contributed by atoms with Crippen molar-refractivity contribution in [2.45, 2.75) is 32.1 Å². The summed E-state index contributed by atoms with van der Waals surface area (Å²) < 4.78 is 13.6. The number of hydrogen-bond acceptors (Lipinski definition) is 2. The first-order valence-corrected chi connectivity index (χ1v) is 8.70. The number of hydrogen-bond donors (Lipinski definition) is 1. The highest BCUT2D eigenvalue weighted by Gasteiger charge is 2.11. The van der Waals surface area contributed by atoms with E-state index in [2.05, 4.69) is 48.1 Å². The van der Waals surface area contributed by atoms with E-state index in [0.29, 0.717) is 0 Å². The summed E-state index contributed by atoms with van der Waals surface area (Å²) >= 11 is 0. The lowest BCUT2D eigenvalue weighted by Crippen LogP contribution is -2.22. The van der Waals surface area contributed by atoms with Gasteiger partial charge >= 0.3 is 0 Å². The average Bonchev–Trinajstić information content (AvgIpc) is 2.68. The van der Waals surface area contributed by atoms with E-state index in [1.165, 1.54) is 22.2 Å². The molecule has 0 spiro atoms. The molecule has 1 N–H and O–H groups in total. The van der Waals surface area contributed by atoms with E-state index < -0.39 is 10.8 Å². The van der Waals surface area contributed by atoms with Crippen molar-refractivity contribution < 1.29 is 4.21 Å². The van der Waals surface area contributed by atoms with Crippen LogP contribution >= 0.6 is 0 Å². The van der Waals surface area contributed by atoms with E-state index in [0.717, 1.165) is 19.5 Å². The highest BCUT2D eigenvalue weighted by molar-refractivity contribution is 7.84. The number of rotatable bonds is 6. The number of nitrogens with zero attached hydrogens (tertiary/aromatic N) is 1. The SMILES string of the molecule is Cc1c(CNCCC(C)S(C)=O)n(C)c2ccccc12. The standard InChI is InChI=1S/C16H24N2OS/c1-12(20(4)19)9-10-17-11-16-13(2)14-7-5-6-8-15(14)18(16)3/h5-8,12,17H,9-11H2,1-4H3. The Labute approximate surface area is 123 Å². The fourth-order valence-corrected chi connectivity index (χ4v) is 3.01. The summed E-state index contributed by atoms with van der Waals surface area (Å²) in [5.41, 5.74) is 3.96. The predicted octanol–water partition coefficient (Wildman–Crippen LogP) is 2.73. The lowest BCUT2D eigenvalue weighted by Gasteiger charge is -2.10. The molecule has 0 aliphatic rings. The van der Waals surface area contributed by atoms with Gasteiger partial charge in [-0.2, -0.15) is 0 Å².